The van der Waals surface area contributed by atoms with E-state index in [1.54, 1.807) is 0 Å². The average molecular weight is 294 g/mol. The molecular weight excluding hydrogens is 272 g/mol. The van der Waals surface area contributed by atoms with Crippen molar-refractivity contribution in [2.24, 2.45) is 11.8 Å². The molecular formula is C14H22N4OS. The molecule has 0 bridgehead atoms. The zero-order chi connectivity index (χ0) is 14.1. The van der Waals surface area contributed by atoms with Gasteiger partial charge in [0.2, 0.25) is 0 Å². The summed E-state index contributed by atoms with van der Waals surface area (Å²) in [5, 5.41) is 3.95. The second-order valence-electron chi connectivity index (χ2n) is 5.82. The Bertz CT molecular complexity index is 489. The van der Waals surface area contributed by atoms with Crippen LogP contribution in [0.1, 0.15) is 42.3 Å². The molecule has 2 aliphatic rings. The average Bonchev–Trinajstić information content (AvgIpc) is 3.09. The lowest BCUT2D eigenvalue weighted by atomic mass is 10.0. The summed E-state index contributed by atoms with van der Waals surface area (Å²) < 4.78 is 0. The van der Waals surface area contributed by atoms with Crippen LogP contribution in [0, 0.1) is 11.8 Å². The zero-order valence-electron chi connectivity index (χ0n) is 11.9. The van der Waals surface area contributed by atoms with Crippen molar-refractivity contribution in [3.05, 3.63) is 4.88 Å². The molecule has 3 rings (SSSR count). The standard InChI is InChI=1S/C14H22N4OS/c1-2-6-16-14-17-12(15)11(20-14)13(19)18-7-9-4-3-5-10(9)8-18/h9-10H,2-8,15H2,1H3,(H,16,17). The Morgan fingerprint density at radius 2 is 2.15 bits per heavy atom. The Morgan fingerprint density at radius 1 is 1.45 bits per heavy atom. The van der Waals surface area contributed by atoms with Crippen LogP contribution < -0.4 is 11.1 Å². The minimum Gasteiger partial charge on any atom is -0.382 e. The molecule has 0 aromatic carbocycles. The van der Waals surface area contributed by atoms with Crippen molar-refractivity contribution in [2.75, 3.05) is 30.7 Å². The number of rotatable bonds is 4. The van der Waals surface area contributed by atoms with Crippen LogP contribution in [-0.2, 0) is 0 Å². The van der Waals surface area contributed by atoms with Gasteiger partial charge in [-0.05, 0) is 31.1 Å². The molecule has 6 heteroatoms. The zero-order valence-corrected chi connectivity index (χ0v) is 12.7. The Kier molecular flexibility index (Phi) is 3.83. The van der Waals surface area contributed by atoms with Crippen LogP contribution in [0.3, 0.4) is 0 Å². The number of amides is 1. The van der Waals surface area contributed by atoms with Gasteiger partial charge in [0.05, 0.1) is 0 Å². The second kappa shape index (κ2) is 5.60. The van der Waals surface area contributed by atoms with Crippen LogP contribution in [0.15, 0.2) is 0 Å². The minimum absolute atomic E-state index is 0.0685. The van der Waals surface area contributed by atoms with Gasteiger partial charge in [0.25, 0.3) is 5.91 Å². The van der Waals surface area contributed by atoms with E-state index in [0.717, 1.165) is 31.2 Å². The molecule has 1 amide bonds. The second-order valence-corrected chi connectivity index (χ2v) is 6.82. The number of fused-ring (bicyclic) bond motifs is 1. The van der Waals surface area contributed by atoms with Crippen molar-refractivity contribution < 1.29 is 4.79 Å². The van der Waals surface area contributed by atoms with E-state index >= 15 is 0 Å². The molecule has 2 atom stereocenters. The molecule has 1 aromatic heterocycles. The lowest BCUT2D eigenvalue weighted by molar-refractivity contribution is 0.0786. The van der Waals surface area contributed by atoms with E-state index in [1.807, 2.05) is 4.90 Å². The van der Waals surface area contributed by atoms with E-state index in [0.29, 0.717) is 22.5 Å². The molecule has 2 heterocycles. The fourth-order valence-corrected chi connectivity index (χ4v) is 4.22. The number of anilines is 2. The van der Waals surface area contributed by atoms with Gasteiger partial charge in [-0.1, -0.05) is 24.7 Å². The van der Waals surface area contributed by atoms with Gasteiger partial charge in [-0.25, -0.2) is 4.98 Å². The molecule has 1 aliphatic carbocycles. The Morgan fingerprint density at radius 3 is 2.80 bits per heavy atom. The van der Waals surface area contributed by atoms with Crippen molar-refractivity contribution in [3.8, 4) is 0 Å². The Labute approximate surface area is 123 Å². The van der Waals surface area contributed by atoms with E-state index in [4.69, 9.17) is 5.73 Å². The number of hydrogen-bond acceptors (Lipinski definition) is 5. The predicted molar refractivity (Wildman–Crippen MR) is 82.0 cm³/mol. The normalized spacial score (nSPS) is 24.9. The van der Waals surface area contributed by atoms with Crippen LogP contribution in [0.25, 0.3) is 0 Å². The summed E-state index contributed by atoms with van der Waals surface area (Å²) in [6, 6.07) is 0. The van der Waals surface area contributed by atoms with Crippen molar-refractivity contribution in [3.63, 3.8) is 0 Å². The summed E-state index contributed by atoms with van der Waals surface area (Å²) in [6.07, 6.45) is 4.90. The van der Waals surface area contributed by atoms with E-state index < -0.39 is 0 Å². The van der Waals surface area contributed by atoms with Crippen molar-refractivity contribution >= 4 is 28.2 Å². The lowest BCUT2D eigenvalue weighted by Gasteiger charge is -2.16. The minimum atomic E-state index is 0.0685. The molecule has 2 unspecified atom stereocenters. The smallest absolute Gasteiger partial charge is 0.267 e. The number of thiazole rings is 1. The highest BCUT2D eigenvalue weighted by Gasteiger charge is 2.39. The number of carbonyl (C=O) groups excluding carboxylic acids is 1. The van der Waals surface area contributed by atoms with Gasteiger partial charge in [-0.15, -0.1) is 0 Å². The van der Waals surface area contributed by atoms with Crippen LogP contribution >= 0.6 is 11.3 Å². The fourth-order valence-electron chi connectivity index (χ4n) is 3.34. The number of nitrogen functional groups attached to an aromatic ring is 1. The summed E-state index contributed by atoms with van der Waals surface area (Å²) in [5.74, 6) is 1.87. The largest absolute Gasteiger partial charge is 0.382 e. The highest BCUT2D eigenvalue weighted by molar-refractivity contribution is 7.18. The first-order valence-electron chi connectivity index (χ1n) is 7.48. The van der Waals surface area contributed by atoms with Crippen LogP contribution in [0.4, 0.5) is 10.9 Å². The first-order valence-corrected chi connectivity index (χ1v) is 8.30. The number of aromatic nitrogens is 1. The predicted octanol–water partition coefficient (Wildman–Crippen LogP) is 2.42. The van der Waals surface area contributed by atoms with Gasteiger partial charge >= 0.3 is 0 Å². The van der Waals surface area contributed by atoms with Crippen LogP contribution in [0.2, 0.25) is 0 Å². The SMILES string of the molecule is CCCNc1nc(N)c(C(=O)N2CC3CCCC3C2)s1. The van der Waals surface area contributed by atoms with E-state index in [-0.39, 0.29) is 5.91 Å². The third kappa shape index (κ3) is 2.49. The van der Waals surface area contributed by atoms with Crippen LogP contribution in [0.5, 0.6) is 0 Å². The number of carbonyl (C=O) groups is 1. The molecule has 1 aromatic rings. The first-order chi connectivity index (χ1) is 9.69. The number of nitrogens with one attached hydrogen (secondary N) is 1. The monoisotopic (exact) mass is 294 g/mol. The molecule has 0 radical (unpaired) electrons. The van der Waals surface area contributed by atoms with Crippen molar-refractivity contribution in [1.82, 2.24) is 9.88 Å². The van der Waals surface area contributed by atoms with Gasteiger partial charge in [0, 0.05) is 19.6 Å². The Hall–Kier alpha value is -1.30. The van der Waals surface area contributed by atoms with E-state index in [1.165, 1.54) is 30.6 Å². The maximum atomic E-state index is 12.6. The molecule has 1 aliphatic heterocycles. The summed E-state index contributed by atoms with van der Waals surface area (Å²) >= 11 is 1.38. The summed E-state index contributed by atoms with van der Waals surface area (Å²) in [7, 11) is 0. The fraction of sp³-hybridized carbons (Fsp3) is 0.714. The molecule has 20 heavy (non-hydrogen) atoms. The van der Waals surface area contributed by atoms with Gasteiger partial charge < -0.3 is 16.0 Å². The summed E-state index contributed by atoms with van der Waals surface area (Å²) in [4.78, 5) is 19.4. The van der Waals surface area contributed by atoms with E-state index in [9.17, 15) is 4.79 Å². The van der Waals surface area contributed by atoms with Gasteiger partial charge in [0.1, 0.15) is 10.7 Å². The maximum absolute atomic E-state index is 12.6. The summed E-state index contributed by atoms with van der Waals surface area (Å²) in [6.45, 7) is 4.75. The highest BCUT2D eigenvalue weighted by Crippen LogP contribution is 2.39. The molecule has 2 fully saturated rings. The summed E-state index contributed by atoms with van der Waals surface area (Å²) in [5.41, 5.74) is 5.91. The highest BCUT2D eigenvalue weighted by atomic mass is 32.1. The van der Waals surface area contributed by atoms with Gasteiger partial charge in [0.15, 0.2) is 5.13 Å². The molecule has 1 saturated heterocycles. The van der Waals surface area contributed by atoms with Crippen molar-refractivity contribution in [2.45, 2.75) is 32.6 Å². The first kappa shape index (κ1) is 13.7. The number of likely N-dealkylation sites (tertiary alicyclic amines) is 1. The van der Waals surface area contributed by atoms with Gasteiger partial charge in [-0.2, -0.15) is 0 Å². The number of nitrogens with two attached hydrogens (primary N) is 1. The number of nitrogens with zero attached hydrogens (tertiary/aromatic N) is 2. The topological polar surface area (TPSA) is 71.2 Å². The van der Waals surface area contributed by atoms with Gasteiger partial charge in [-0.3, -0.25) is 4.79 Å². The Balaban J connectivity index is 1.69. The quantitative estimate of drug-likeness (QED) is 0.894. The third-order valence-corrected chi connectivity index (χ3v) is 5.40. The third-order valence-electron chi connectivity index (χ3n) is 4.39. The molecule has 5 nitrogen and oxygen atoms in total. The maximum Gasteiger partial charge on any atom is 0.267 e. The molecule has 0 spiro atoms. The molecule has 3 N–H and O–H groups in total. The van der Waals surface area contributed by atoms with Crippen molar-refractivity contribution in [1.29, 1.82) is 0 Å². The van der Waals surface area contributed by atoms with E-state index in [2.05, 4.69) is 17.2 Å². The number of hydrogen-bond donors (Lipinski definition) is 2. The molecule has 110 valence electrons. The lowest BCUT2D eigenvalue weighted by Crippen LogP contribution is -2.29. The van der Waals surface area contributed by atoms with Crippen LogP contribution in [-0.4, -0.2) is 35.4 Å². The molecule has 1 saturated carbocycles.